The summed E-state index contributed by atoms with van der Waals surface area (Å²) in [4.78, 5) is 11.4. The molecule has 2 N–H and O–H groups in total. The molecule has 1 aromatic rings. The number of ether oxygens (including phenoxy) is 2. The van der Waals surface area contributed by atoms with Gasteiger partial charge in [-0.3, -0.25) is 0 Å². The van der Waals surface area contributed by atoms with E-state index in [0.29, 0.717) is 18.9 Å². The fourth-order valence-corrected chi connectivity index (χ4v) is 1.98. The molecule has 1 atom stereocenters. The maximum absolute atomic E-state index is 11.4. The van der Waals surface area contributed by atoms with E-state index in [-0.39, 0.29) is 5.97 Å². The van der Waals surface area contributed by atoms with Gasteiger partial charge in [-0.2, -0.15) is 0 Å². The minimum Gasteiger partial charge on any atom is -0.478 e. The normalized spacial score (nSPS) is 12.0. The minimum absolute atomic E-state index is 0.350. The van der Waals surface area contributed by atoms with E-state index in [9.17, 15) is 4.79 Å². The van der Waals surface area contributed by atoms with Gasteiger partial charge in [-0.25, -0.2) is 4.79 Å². The molecular weight excluding hydrogens is 298 g/mol. The highest BCUT2D eigenvalue weighted by Crippen LogP contribution is 2.27. The first-order valence-corrected chi connectivity index (χ1v) is 6.69. The highest BCUT2D eigenvalue weighted by Gasteiger charge is 2.16. The van der Waals surface area contributed by atoms with E-state index in [1.807, 2.05) is 18.2 Å². The molecule has 100 valence electrons. The van der Waals surface area contributed by atoms with Crippen molar-refractivity contribution in [1.29, 1.82) is 0 Å². The first-order chi connectivity index (χ1) is 8.58. The molecule has 0 aliphatic rings. The van der Waals surface area contributed by atoms with Crippen LogP contribution < -0.4 is 10.5 Å². The fourth-order valence-electron chi connectivity index (χ4n) is 1.46. The van der Waals surface area contributed by atoms with Crippen LogP contribution >= 0.6 is 15.9 Å². The van der Waals surface area contributed by atoms with Gasteiger partial charge in [-0.1, -0.05) is 6.07 Å². The molecule has 0 spiro atoms. The summed E-state index contributed by atoms with van der Waals surface area (Å²) < 4.78 is 11.2. The Hall–Kier alpha value is -1.07. The summed E-state index contributed by atoms with van der Waals surface area (Å²) in [6, 6.07) is 5.70. The predicted octanol–water partition coefficient (Wildman–Crippen LogP) is 2.28. The van der Waals surface area contributed by atoms with Crippen molar-refractivity contribution in [3.05, 3.63) is 28.2 Å². The van der Waals surface area contributed by atoms with Gasteiger partial charge < -0.3 is 15.2 Å². The van der Waals surface area contributed by atoms with E-state index in [4.69, 9.17) is 15.2 Å². The van der Waals surface area contributed by atoms with Crippen molar-refractivity contribution in [2.24, 2.45) is 5.73 Å². The third-order valence-corrected chi connectivity index (χ3v) is 2.97. The Morgan fingerprint density at radius 1 is 1.50 bits per heavy atom. The second kappa shape index (κ2) is 7.38. The second-order valence-corrected chi connectivity index (χ2v) is 4.67. The van der Waals surface area contributed by atoms with E-state index in [0.717, 1.165) is 16.5 Å². The lowest BCUT2D eigenvalue weighted by Gasteiger charge is -2.15. The average molecular weight is 316 g/mol. The lowest BCUT2D eigenvalue weighted by atomic mass is 10.1. The zero-order valence-electron chi connectivity index (χ0n) is 10.6. The van der Waals surface area contributed by atoms with Crippen LogP contribution in [0.3, 0.4) is 0 Å². The number of nitrogens with two attached hydrogens (primary N) is 1. The first kappa shape index (κ1) is 15.0. The molecule has 4 nitrogen and oxygen atoms in total. The molecule has 0 heterocycles. The predicted molar refractivity (Wildman–Crippen MR) is 73.6 cm³/mol. The van der Waals surface area contributed by atoms with E-state index >= 15 is 0 Å². The summed E-state index contributed by atoms with van der Waals surface area (Å²) in [6.45, 7) is 4.38. The number of rotatable bonds is 6. The van der Waals surface area contributed by atoms with Crippen molar-refractivity contribution in [1.82, 2.24) is 0 Å². The number of halogens is 1. The van der Waals surface area contributed by atoms with Gasteiger partial charge in [-0.05, 0) is 60.4 Å². The average Bonchev–Trinajstić information content (AvgIpc) is 2.33. The number of benzene rings is 1. The van der Waals surface area contributed by atoms with Gasteiger partial charge in [0.2, 0.25) is 0 Å². The quantitative estimate of drug-likeness (QED) is 0.818. The molecular formula is C13H18BrNO3. The number of hydrogen-bond acceptors (Lipinski definition) is 4. The standard InChI is InChI=1S/C13H18BrNO3/c1-3-17-13(16)9(2)18-12-5-4-10(6-7-15)8-11(12)14/h4-5,8-9H,3,6-7,15H2,1-2H3. The van der Waals surface area contributed by atoms with Crippen LogP contribution in [0.4, 0.5) is 0 Å². The summed E-state index contributed by atoms with van der Waals surface area (Å²) in [5, 5.41) is 0. The van der Waals surface area contributed by atoms with E-state index in [1.54, 1.807) is 13.8 Å². The highest BCUT2D eigenvalue weighted by atomic mass is 79.9. The largest absolute Gasteiger partial charge is 0.478 e. The summed E-state index contributed by atoms with van der Waals surface area (Å²) in [5.74, 6) is 0.256. The molecule has 1 rings (SSSR count). The van der Waals surface area contributed by atoms with Gasteiger partial charge >= 0.3 is 5.97 Å². The molecule has 0 bridgehead atoms. The molecule has 0 amide bonds. The lowest BCUT2D eigenvalue weighted by molar-refractivity contribution is -0.150. The number of esters is 1. The van der Waals surface area contributed by atoms with Gasteiger partial charge in [0.05, 0.1) is 11.1 Å². The van der Waals surface area contributed by atoms with Gasteiger partial charge in [-0.15, -0.1) is 0 Å². The van der Waals surface area contributed by atoms with Crippen LogP contribution in [0.25, 0.3) is 0 Å². The lowest BCUT2D eigenvalue weighted by Crippen LogP contribution is -2.26. The van der Waals surface area contributed by atoms with Crippen molar-refractivity contribution in [2.75, 3.05) is 13.2 Å². The number of carbonyl (C=O) groups excluding carboxylic acids is 1. The van der Waals surface area contributed by atoms with Crippen LogP contribution in [-0.2, 0) is 16.0 Å². The first-order valence-electron chi connectivity index (χ1n) is 5.90. The Morgan fingerprint density at radius 2 is 2.22 bits per heavy atom. The van der Waals surface area contributed by atoms with Gasteiger partial charge in [0.15, 0.2) is 6.10 Å². The van der Waals surface area contributed by atoms with Crippen molar-refractivity contribution in [3.63, 3.8) is 0 Å². The Labute approximate surface area is 116 Å². The molecule has 0 fully saturated rings. The molecule has 0 saturated heterocycles. The molecule has 1 aromatic carbocycles. The van der Waals surface area contributed by atoms with Crippen molar-refractivity contribution in [3.8, 4) is 5.75 Å². The van der Waals surface area contributed by atoms with Crippen molar-refractivity contribution in [2.45, 2.75) is 26.4 Å². The summed E-state index contributed by atoms with van der Waals surface area (Å²) in [7, 11) is 0. The van der Waals surface area contributed by atoms with Gasteiger partial charge in [0.25, 0.3) is 0 Å². The maximum Gasteiger partial charge on any atom is 0.347 e. The Morgan fingerprint density at radius 3 is 2.78 bits per heavy atom. The van der Waals surface area contributed by atoms with Crippen molar-refractivity contribution < 1.29 is 14.3 Å². The van der Waals surface area contributed by atoms with Crippen molar-refractivity contribution >= 4 is 21.9 Å². The second-order valence-electron chi connectivity index (χ2n) is 3.82. The molecule has 0 saturated carbocycles. The maximum atomic E-state index is 11.4. The van der Waals surface area contributed by atoms with Crippen LogP contribution in [0.1, 0.15) is 19.4 Å². The summed E-state index contributed by atoms with van der Waals surface area (Å²) in [6.07, 6.45) is 0.188. The Balaban J connectivity index is 2.70. The fraction of sp³-hybridized carbons (Fsp3) is 0.462. The number of hydrogen-bond donors (Lipinski definition) is 1. The molecule has 0 radical (unpaired) electrons. The zero-order valence-corrected chi connectivity index (χ0v) is 12.2. The summed E-state index contributed by atoms with van der Waals surface area (Å²) >= 11 is 3.42. The minimum atomic E-state index is -0.624. The summed E-state index contributed by atoms with van der Waals surface area (Å²) in [5.41, 5.74) is 6.62. The zero-order chi connectivity index (χ0) is 13.5. The van der Waals surface area contributed by atoms with Crippen LogP contribution in [0.2, 0.25) is 0 Å². The van der Waals surface area contributed by atoms with E-state index in [1.165, 1.54) is 0 Å². The highest BCUT2D eigenvalue weighted by molar-refractivity contribution is 9.10. The molecule has 0 aliphatic heterocycles. The molecule has 0 aromatic heterocycles. The Kier molecular flexibility index (Phi) is 6.15. The molecule has 1 unspecified atom stereocenters. The third-order valence-electron chi connectivity index (χ3n) is 2.35. The van der Waals surface area contributed by atoms with Gasteiger partial charge in [0.1, 0.15) is 5.75 Å². The molecule has 5 heteroatoms. The third kappa shape index (κ3) is 4.31. The van der Waals surface area contributed by atoms with Crippen LogP contribution in [0.5, 0.6) is 5.75 Å². The number of carbonyl (C=O) groups is 1. The van der Waals surface area contributed by atoms with E-state index in [2.05, 4.69) is 15.9 Å². The smallest absolute Gasteiger partial charge is 0.347 e. The SMILES string of the molecule is CCOC(=O)C(C)Oc1ccc(CCN)cc1Br. The molecule has 0 aliphatic carbocycles. The van der Waals surface area contributed by atoms with Crippen LogP contribution in [0.15, 0.2) is 22.7 Å². The van der Waals surface area contributed by atoms with Crippen LogP contribution in [-0.4, -0.2) is 25.2 Å². The van der Waals surface area contributed by atoms with Gasteiger partial charge in [0, 0.05) is 0 Å². The Bertz CT molecular complexity index is 409. The monoisotopic (exact) mass is 315 g/mol. The van der Waals surface area contributed by atoms with E-state index < -0.39 is 6.10 Å². The topological polar surface area (TPSA) is 61.5 Å². The molecule has 18 heavy (non-hydrogen) atoms. The van der Waals surface area contributed by atoms with Crippen LogP contribution in [0, 0.1) is 0 Å².